The Bertz CT molecular complexity index is 651. The molecule has 0 spiro atoms. The van der Waals surface area contributed by atoms with Gasteiger partial charge < -0.3 is 15.3 Å². The van der Waals surface area contributed by atoms with Crippen molar-refractivity contribution in [1.29, 1.82) is 0 Å². The summed E-state index contributed by atoms with van der Waals surface area (Å²) in [6, 6.07) is 5.65. The second-order valence-electron chi connectivity index (χ2n) is 6.99. The zero-order valence-corrected chi connectivity index (χ0v) is 14.9. The lowest BCUT2D eigenvalue weighted by atomic mass is 9.77. The van der Waals surface area contributed by atoms with Crippen molar-refractivity contribution in [2.75, 3.05) is 13.1 Å². The van der Waals surface area contributed by atoms with Gasteiger partial charge in [-0.3, -0.25) is 9.59 Å². The van der Waals surface area contributed by atoms with Gasteiger partial charge in [-0.25, -0.2) is 0 Å². The van der Waals surface area contributed by atoms with Gasteiger partial charge in [-0.15, -0.1) is 0 Å². The van der Waals surface area contributed by atoms with Crippen LogP contribution in [0.2, 0.25) is 0 Å². The fourth-order valence-corrected chi connectivity index (χ4v) is 3.88. The summed E-state index contributed by atoms with van der Waals surface area (Å²) in [6.45, 7) is 4.43. The maximum absolute atomic E-state index is 12.6. The summed E-state index contributed by atoms with van der Waals surface area (Å²) in [6.07, 6.45) is 1.14. The lowest BCUT2D eigenvalue weighted by molar-refractivity contribution is -0.125. The summed E-state index contributed by atoms with van der Waals surface area (Å²) in [5, 5.41) is 12.6. The van der Waals surface area contributed by atoms with Crippen molar-refractivity contribution in [2.24, 2.45) is 0 Å². The summed E-state index contributed by atoms with van der Waals surface area (Å²) in [5.74, 6) is -0.0644. The first-order chi connectivity index (χ1) is 10.7. The third-order valence-corrected chi connectivity index (χ3v) is 5.12. The Morgan fingerprint density at radius 2 is 2.17 bits per heavy atom. The molecule has 1 saturated carbocycles. The van der Waals surface area contributed by atoms with Gasteiger partial charge in [0.2, 0.25) is 5.91 Å². The smallest absolute Gasteiger partial charge is 0.254 e. The zero-order valence-electron chi connectivity index (χ0n) is 13.3. The van der Waals surface area contributed by atoms with E-state index in [-0.39, 0.29) is 30.3 Å². The number of halogens is 1. The number of hydrogen-bond donors (Lipinski definition) is 2. The van der Waals surface area contributed by atoms with Gasteiger partial charge in [0.15, 0.2) is 0 Å². The molecule has 1 aliphatic carbocycles. The predicted octanol–water partition coefficient (Wildman–Crippen LogP) is 2.04. The monoisotopic (exact) mass is 380 g/mol. The van der Waals surface area contributed by atoms with Gasteiger partial charge in [0.1, 0.15) is 0 Å². The number of carbonyl (C=O) groups excluding carboxylic acids is 2. The largest absolute Gasteiger partial charge is 0.390 e. The van der Waals surface area contributed by atoms with Crippen molar-refractivity contribution < 1.29 is 14.7 Å². The summed E-state index contributed by atoms with van der Waals surface area (Å²) in [4.78, 5) is 26.3. The van der Waals surface area contributed by atoms with E-state index in [4.69, 9.17) is 0 Å². The maximum atomic E-state index is 12.6. The van der Waals surface area contributed by atoms with E-state index in [0.717, 1.165) is 10.0 Å². The van der Waals surface area contributed by atoms with Crippen LogP contribution < -0.4 is 5.32 Å². The van der Waals surface area contributed by atoms with E-state index in [1.807, 2.05) is 18.2 Å². The van der Waals surface area contributed by atoms with E-state index >= 15 is 0 Å². The number of carbonyl (C=O) groups is 2. The number of aliphatic hydroxyl groups is 1. The van der Waals surface area contributed by atoms with E-state index in [2.05, 4.69) is 28.2 Å². The molecule has 0 bridgehead atoms. The molecule has 1 aliphatic heterocycles. The third-order valence-electron chi connectivity index (χ3n) is 4.63. The molecule has 1 atom stereocenters. The number of hydrogen-bond acceptors (Lipinski definition) is 3. The summed E-state index contributed by atoms with van der Waals surface area (Å²) < 4.78 is 0.958. The highest BCUT2D eigenvalue weighted by atomic mass is 79.9. The fraction of sp³-hybridized carbons (Fsp3) is 0.529. The molecule has 0 aromatic heterocycles. The van der Waals surface area contributed by atoms with Gasteiger partial charge in [-0.2, -0.15) is 0 Å². The molecule has 1 unspecified atom stereocenters. The van der Waals surface area contributed by atoms with Crippen molar-refractivity contribution in [1.82, 2.24) is 10.2 Å². The molecule has 1 fully saturated rings. The van der Waals surface area contributed by atoms with Crippen LogP contribution in [-0.2, 0) is 4.79 Å². The lowest BCUT2D eigenvalue weighted by Crippen LogP contribution is -2.55. The molecule has 0 radical (unpaired) electrons. The van der Waals surface area contributed by atoms with Crippen molar-refractivity contribution in [2.45, 2.75) is 44.2 Å². The van der Waals surface area contributed by atoms with Crippen LogP contribution in [0.1, 0.15) is 48.5 Å². The molecule has 1 heterocycles. The van der Waals surface area contributed by atoms with Gasteiger partial charge >= 0.3 is 0 Å². The van der Waals surface area contributed by atoms with Crippen LogP contribution in [0.4, 0.5) is 0 Å². The molecular weight excluding hydrogens is 360 g/mol. The SMILES string of the molecule is CC1CN(CC(=O)N[C@H]2C[C@@](C)(O)C2)C(=O)c2ccc(Br)cc21. The Labute approximate surface area is 144 Å². The molecule has 2 aliphatic rings. The normalized spacial score (nSPS) is 29.7. The number of fused-ring (bicyclic) bond motifs is 1. The molecular formula is C17H21BrN2O3. The second-order valence-corrected chi connectivity index (χ2v) is 7.90. The number of rotatable bonds is 3. The Hall–Kier alpha value is -1.40. The minimum absolute atomic E-state index is 0.0121. The van der Waals surface area contributed by atoms with Crippen LogP contribution in [0.3, 0.4) is 0 Å². The first kappa shape index (κ1) is 16.5. The molecule has 1 aromatic carbocycles. The van der Waals surface area contributed by atoms with Crippen LogP contribution in [0, 0.1) is 0 Å². The van der Waals surface area contributed by atoms with Crippen LogP contribution in [0.15, 0.2) is 22.7 Å². The molecule has 2 amide bonds. The van der Waals surface area contributed by atoms with E-state index < -0.39 is 5.60 Å². The predicted molar refractivity (Wildman–Crippen MR) is 90.2 cm³/mol. The molecule has 23 heavy (non-hydrogen) atoms. The third kappa shape index (κ3) is 3.43. The van der Waals surface area contributed by atoms with Gasteiger partial charge in [-0.1, -0.05) is 22.9 Å². The van der Waals surface area contributed by atoms with Crippen LogP contribution in [0.25, 0.3) is 0 Å². The highest BCUT2D eigenvalue weighted by Gasteiger charge is 2.39. The Balaban J connectivity index is 1.64. The molecule has 1 aromatic rings. The van der Waals surface area contributed by atoms with Gasteiger partial charge in [0.05, 0.1) is 12.1 Å². The van der Waals surface area contributed by atoms with Gasteiger partial charge in [0.25, 0.3) is 5.91 Å². The molecule has 2 N–H and O–H groups in total. The zero-order chi connectivity index (χ0) is 16.8. The lowest BCUT2D eigenvalue weighted by Gasteiger charge is -2.41. The molecule has 0 saturated heterocycles. The first-order valence-electron chi connectivity index (χ1n) is 7.86. The highest BCUT2D eigenvalue weighted by Crippen LogP contribution is 2.32. The van der Waals surface area contributed by atoms with Crippen LogP contribution >= 0.6 is 15.9 Å². The number of nitrogens with zero attached hydrogens (tertiary/aromatic N) is 1. The Morgan fingerprint density at radius 3 is 2.83 bits per heavy atom. The Kier molecular flexibility index (Phi) is 4.23. The van der Waals surface area contributed by atoms with E-state index in [9.17, 15) is 14.7 Å². The number of benzene rings is 1. The molecule has 6 heteroatoms. The minimum atomic E-state index is -0.667. The molecule has 5 nitrogen and oxygen atoms in total. The van der Waals surface area contributed by atoms with E-state index in [1.54, 1.807) is 11.8 Å². The second kappa shape index (κ2) is 5.91. The van der Waals surface area contributed by atoms with Crippen molar-refractivity contribution >= 4 is 27.7 Å². The summed E-state index contributed by atoms with van der Waals surface area (Å²) >= 11 is 3.43. The minimum Gasteiger partial charge on any atom is -0.390 e. The van der Waals surface area contributed by atoms with E-state index in [1.165, 1.54) is 0 Å². The van der Waals surface area contributed by atoms with Crippen molar-refractivity contribution in [3.05, 3.63) is 33.8 Å². The van der Waals surface area contributed by atoms with Crippen molar-refractivity contribution in [3.63, 3.8) is 0 Å². The van der Waals surface area contributed by atoms with Gasteiger partial charge in [0, 0.05) is 22.6 Å². The summed E-state index contributed by atoms with van der Waals surface area (Å²) in [7, 11) is 0. The maximum Gasteiger partial charge on any atom is 0.254 e. The fourth-order valence-electron chi connectivity index (χ4n) is 3.51. The standard InChI is InChI=1S/C17H21BrN2O3/c1-10-8-20(9-15(21)19-12-6-17(2,23)7-12)16(22)13-4-3-11(18)5-14(10)13/h3-5,10,12,23H,6-9H2,1-2H3,(H,19,21)/t10?,12-,17+. The quantitative estimate of drug-likeness (QED) is 0.842. The van der Waals surface area contributed by atoms with Crippen LogP contribution in [0.5, 0.6) is 0 Å². The van der Waals surface area contributed by atoms with E-state index in [0.29, 0.717) is 24.9 Å². The average Bonchev–Trinajstić information content (AvgIpc) is 2.42. The van der Waals surface area contributed by atoms with Crippen molar-refractivity contribution in [3.8, 4) is 0 Å². The number of amides is 2. The summed E-state index contributed by atoms with van der Waals surface area (Å²) in [5.41, 5.74) is 1.03. The topological polar surface area (TPSA) is 69.6 Å². The van der Waals surface area contributed by atoms with Gasteiger partial charge in [-0.05, 0) is 49.4 Å². The first-order valence-corrected chi connectivity index (χ1v) is 8.65. The highest BCUT2D eigenvalue weighted by molar-refractivity contribution is 9.10. The average molecular weight is 381 g/mol. The van der Waals surface area contributed by atoms with Crippen LogP contribution in [-0.4, -0.2) is 46.6 Å². The molecule has 124 valence electrons. The Morgan fingerprint density at radius 1 is 1.48 bits per heavy atom. The number of nitrogens with one attached hydrogen (secondary N) is 1. The molecule has 3 rings (SSSR count).